The van der Waals surface area contributed by atoms with E-state index in [-0.39, 0.29) is 11.8 Å². The van der Waals surface area contributed by atoms with Gasteiger partial charge < -0.3 is 5.32 Å². The van der Waals surface area contributed by atoms with E-state index in [0.717, 1.165) is 0 Å². The summed E-state index contributed by atoms with van der Waals surface area (Å²) in [6.45, 7) is 7.73. The van der Waals surface area contributed by atoms with Crippen LogP contribution in [-0.4, -0.2) is 38.4 Å². The van der Waals surface area contributed by atoms with Crippen LogP contribution in [0.25, 0.3) is 0 Å². The van der Waals surface area contributed by atoms with Crippen LogP contribution in [0.3, 0.4) is 0 Å². The fraction of sp³-hybridized carbons (Fsp3) is 0.312. The predicted molar refractivity (Wildman–Crippen MR) is 98.9 cm³/mol. The van der Waals surface area contributed by atoms with Crippen molar-refractivity contribution in [2.75, 3.05) is 6.54 Å². The first kappa shape index (κ1) is 18.0. The molecular formula is C16H17ClN2O2S2. The second-order valence-corrected chi connectivity index (χ2v) is 8.35. The lowest BCUT2D eigenvalue weighted by Gasteiger charge is -2.42. The average Bonchev–Trinajstić information content (AvgIpc) is 2.47. The highest BCUT2D eigenvalue weighted by Gasteiger charge is 2.46. The minimum Gasteiger partial charge on any atom is -0.339 e. The second kappa shape index (κ2) is 7.03. The Morgan fingerprint density at radius 2 is 2.26 bits per heavy atom. The molecule has 0 aliphatic carbocycles. The lowest BCUT2D eigenvalue weighted by Crippen LogP contribution is -2.62. The summed E-state index contributed by atoms with van der Waals surface area (Å²) in [4.78, 5) is 26.6. The molecule has 0 spiro atoms. The molecule has 1 unspecified atom stereocenters. The molecule has 1 heterocycles. The van der Waals surface area contributed by atoms with Crippen molar-refractivity contribution in [1.82, 2.24) is 10.2 Å². The molecule has 2 amide bonds. The molecule has 1 atom stereocenters. The number of hydrogen-bond acceptors (Lipinski definition) is 4. The van der Waals surface area contributed by atoms with Gasteiger partial charge in [0.2, 0.25) is 0 Å². The molecule has 1 aromatic rings. The molecule has 2 rings (SSSR count). The summed E-state index contributed by atoms with van der Waals surface area (Å²) in [5.74, 6) is -0.570. The van der Waals surface area contributed by atoms with Crippen molar-refractivity contribution in [2.24, 2.45) is 0 Å². The van der Waals surface area contributed by atoms with E-state index in [4.69, 9.17) is 23.8 Å². The molecule has 23 heavy (non-hydrogen) atoms. The van der Waals surface area contributed by atoms with Crippen LogP contribution in [0.1, 0.15) is 24.2 Å². The van der Waals surface area contributed by atoms with E-state index in [0.29, 0.717) is 21.5 Å². The Morgan fingerprint density at radius 3 is 2.87 bits per heavy atom. The smallest absolute Gasteiger partial charge is 0.252 e. The topological polar surface area (TPSA) is 49.4 Å². The fourth-order valence-electron chi connectivity index (χ4n) is 2.26. The maximum Gasteiger partial charge on any atom is 0.252 e. The van der Waals surface area contributed by atoms with Crippen LogP contribution >= 0.6 is 35.6 Å². The lowest BCUT2D eigenvalue weighted by molar-refractivity contribution is -0.129. The van der Waals surface area contributed by atoms with Gasteiger partial charge in [-0.25, -0.2) is 0 Å². The van der Waals surface area contributed by atoms with Gasteiger partial charge in [-0.1, -0.05) is 47.7 Å². The van der Waals surface area contributed by atoms with Gasteiger partial charge in [-0.15, -0.1) is 6.58 Å². The van der Waals surface area contributed by atoms with Crippen LogP contribution < -0.4 is 5.32 Å². The van der Waals surface area contributed by atoms with E-state index in [2.05, 4.69) is 11.9 Å². The Labute approximate surface area is 150 Å². The molecule has 1 aliphatic rings. The molecule has 1 N–H and O–H groups in total. The van der Waals surface area contributed by atoms with Crippen LogP contribution in [0, 0.1) is 0 Å². The molecule has 0 saturated carbocycles. The fourth-order valence-corrected chi connectivity index (χ4v) is 4.26. The molecule has 0 aromatic heterocycles. The number of nitrogens with zero attached hydrogens (tertiary/aromatic N) is 1. The summed E-state index contributed by atoms with van der Waals surface area (Å²) in [5.41, 5.74) is 0.412. The molecule has 1 aromatic carbocycles. The number of hydrogen-bond donors (Lipinski definition) is 1. The highest BCUT2D eigenvalue weighted by molar-refractivity contribution is 8.24. The Morgan fingerprint density at radius 1 is 1.57 bits per heavy atom. The third-order valence-electron chi connectivity index (χ3n) is 3.45. The van der Waals surface area contributed by atoms with Gasteiger partial charge in [0.05, 0.1) is 0 Å². The van der Waals surface area contributed by atoms with Gasteiger partial charge in [0.1, 0.15) is 10.4 Å². The normalized spacial score (nSPS) is 20.3. The molecule has 122 valence electrons. The van der Waals surface area contributed by atoms with Crippen LogP contribution in [0.4, 0.5) is 0 Å². The molecule has 1 aliphatic heterocycles. The van der Waals surface area contributed by atoms with E-state index in [1.165, 1.54) is 16.7 Å². The molecule has 1 fully saturated rings. The third-order valence-corrected chi connectivity index (χ3v) is 5.32. The Bertz CT molecular complexity index is 676. The Kier molecular flexibility index (Phi) is 5.49. The summed E-state index contributed by atoms with van der Waals surface area (Å²) >= 11 is 12.6. The quantitative estimate of drug-likeness (QED) is 0.654. The number of halogens is 1. The van der Waals surface area contributed by atoms with Crippen molar-refractivity contribution in [3.63, 3.8) is 0 Å². The predicted octanol–water partition coefficient (Wildman–Crippen LogP) is 3.26. The molecule has 7 heteroatoms. The van der Waals surface area contributed by atoms with Gasteiger partial charge >= 0.3 is 0 Å². The number of amides is 2. The largest absolute Gasteiger partial charge is 0.339 e. The standard InChI is InChI=1S/C16H17ClN2O2S2/c1-4-8-19-14(21)12(16(2,3)23-15(19)22)18-13(20)10-6-5-7-11(17)9-10/h4-7,9,12H,1,8H2,2-3H3,(H,18,20). The first-order valence-electron chi connectivity index (χ1n) is 6.98. The number of nitrogens with one attached hydrogen (secondary N) is 1. The molecule has 0 bridgehead atoms. The van der Waals surface area contributed by atoms with Gasteiger partial charge in [0.25, 0.3) is 11.8 Å². The maximum absolute atomic E-state index is 12.7. The molecule has 1 saturated heterocycles. The minimum atomic E-state index is -0.689. The van der Waals surface area contributed by atoms with Crippen molar-refractivity contribution in [2.45, 2.75) is 24.6 Å². The van der Waals surface area contributed by atoms with Crippen LogP contribution in [0.15, 0.2) is 36.9 Å². The lowest BCUT2D eigenvalue weighted by atomic mass is 10.0. The summed E-state index contributed by atoms with van der Waals surface area (Å²) in [6, 6.07) is 5.91. The number of carbonyl (C=O) groups excluding carboxylic acids is 2. The van der Waals surface area contributed by atoms with Crippen molar-refractivity contribution in [1.29, 1.82) is 0 Å². The van der Waals surface area contributed by atoms with Crippen LogP contribution in [-0.2, 0) is 4.79 Å². The first-order valence-corrected chi connectivity index (χ1v) is 8.58. The van der Waals surface area contributed by atoms with E-state index >= 15 is 0 Å². The number of benzene rings is 1. The first-order chi connectivity index (χ1) is 10.8. The average molecular weight is 369 g/mol. The number of rotatable bonds is 4. The minimum absolute atomic E-state index is 0.228. The van der Waals surface area contributed by atoms with Crippen LogP contribution in [0.2, 0.25) is 5.02 Å². The van der Waals surface area contributed by atoms with Gasteiger partial charge in [-0.2, -0.15) is 0 Å². The van der Waals surface area contributed by atoms with Gasteiger partial charge in [-0.05, 0) is 32.0 Å². The van der Waals surface area contributed by atoms with E-state index in [1.807, 2.05) is 13.8 Å². The van der Waals surface area contributed by atoms with Gasteiger partial charge in [0, 0.05) is 21.9 Å². The van der Waals surface area contributed by atoms with Gasteiger partial charge in [-0.3, -0.25) is 14.5 Å². The zero-order valence-electron chi connectivity index (χ0n) is 12.8. The number of thioether (sulfide) groups is 1. The molecular weight excluding hydrogens is 352 g/mol. The Hall–Kier alpha value is -1.37. The number of carbonyl (C=O) groups is 2. The van der Waals surface area contributed by atoms with Gasteiger partial charge in [0.15, 0.2) is 0 Å². The maximum atomic E-state index is 12.7. The highest BCUT2D eigenvalue weighted by Crippen LogP contribution is 2.36. The van der Waals surface area contributed by atoms with Crippen molar-refractivity contribution >= 4 is 51.7 Å². The summed E-state index contributed by atoms with van der Waals surface area (Å²) in [6.07, 6.45) is 1.61. The van der Waals surface area contributed by atoms with E-state index in [1.54, 1.807) is 30.3 Å². The van der Waals surface area contributed by atoms with Crippen molar-refractivity contribution < 1.29 is 9.59 Å². The summed E-state index contributed by atoms with van der Waals surface area (Å²) < 4.78 is -0.0479. The summed E-state index contributed by atoms with van der Waals surface area (Å²) in [5, 5.41) is 3.28. The SMILES string of the molecule is C=CCN1C(=O)C(NC(=O)c2cccc(Cl)c2)C(C)(C)SC1=S. The monoisotopic (exact) mass is 368 g/mol. The summed E-state index contributed by atoms with van der Waals surface area (Å²) in [7, 11) is 0. The molecule has 0 radical (unpaired) electrons. The zero-order valence-corrected chi connectivity index (χ0v) is 15.2. The highest BCUT2D eigenvalue weighted by atomic mass is 35.5. The van der Waals surface area contributed by atoms with Crippen molar-refractivity contribution in [3.8, 4) is 0 Å². The van der Waals surface area contributed by atoms with E-state index in [9.17, 15) is 9.59 Å². The zero-order chi connectivity index (χ0) is 17.2. The number of thiocarbonyl (C=S) groups is 1. The van der Waals surface area contributed by atoms with Crippen LogP contribution in [0.5, 0.6) is 0 Å². The third kappa shape index (κ3) is 3.94. The van der Waals surface area contributed by atoms with Crippen molar-refractivity contribution in [3.05, 3.63) is 47.5 Å². The van der Waals surface area contributed by atoms with E-state index < -0.39 is 10.8 Å². The second-order valence-electron chi connectivity index (χ2n) is 5.63. The Balaban J connectivity index is 2.25. The molecule has 4 nitrogen and oxygen atoms in total.